The molecule has 1 amide bonds. The van der Waals surface area contributed by atoms with Crippen molar-refractivity contribution in [3.05, 3.63) is 66.1 Å². The Hall–Kier alpha value is -3.26. The van der Waals surface area contributed by atoms with Gasteiger partial charge < -0.3 is 5.32 Å². The van der Waals surface area contributed by atoms with Crippen LogP contribution < -0.4 is 5.32 Å². The maximum Gasteiger partial charge on any atom is 0.228 e. The number of rotatable bonds is 3. The van der Waals surface area contributed by atoms with Crippen LogP contribution in [0.3, 0.4) is 0 Å². The minimum absolute atomic E-state index is 0.159. The third kappa shape index (κ3) is 2.91. The van der Waals surface area contributed by atoms with E-state index in [9.17, 15) is 4.79 Å². The van der Waals surface area contributed by atoms with E-state index in [0.29, 0.717) is 11.3 Å². The van der Waals surface area contributed by atoms with Gasteiger partial charge >= 0.3 is 0 Å². The van der Waals surface area contributed by atoms with E-state index in [1.165, 1.54) is 0 Å². The predicted octanol–water partition coefficient (Wildman–Crippen LogP) is 2.68. The number of carbonyl (C=O) groups excluding carboxylic acids is 1. The lowest BCUT2D eigenvalue weighted by Crippen LogP contribution is -2.14. The Morgan fingerprint density at radius 1 is 1.23 bits per heavy atom. The van der Waals surface area contributed by atoms with Crippen molar-refractivity contribution in [3.63, 3.8) is 0 Å². The summed E-state index contributed by atoms with van der Waals surface area (Å²) in [7, 11) is 0. The van der Waals surface area contributed by atoms with Gasteiger partial charge in [-0.2, -0.15) is 5.26 Å². The van der Waals surface area contributed by atoms with Gasteiger partial charge in [0.05, 0.1) is 29.8 Å². The Morgan fingerprint density at radius 3 is 3.00 bits per heavy atom. The first kappa shape index (κ1) is 13.7. The lowest BCUT2D eigenvalue weighted by atomic mass is 10.1. The summed E-state index contributed by atoms with van der Waals surface area (Å²) in [4.78, 5) is 20.5. The Labute approximate surface area is 127 Å². The molecule has 1 N–H and O–H groups in total. The second kappa shape index (κ2) is 6.02. The van der Waals surface area contributed by atoms with Crippen LogP contribution in [0.5, 0.6) is 0 Å². The summed E-state index contributed by atoms with van der Waals surface area (Å²) in [6.07, 6.45) is 5.25. The zero-order chi connectivity index (χ0) is 15.4. The maximum atomic E-state index is 12.2. The van der Waals surface area contributed by atoms with Crippen LogP contribution in [-0.2, 0) is 11.2 Å². The number of anilines is 1. The molecule has 106 valence electrons. The van der Waals surface area contributed by atoms with Crippen molar-refractivity contribution in [1.82, 2.24) is 9.97 Å². The highest BCUT2D eigenvalue weighted by atomic mass is 16.1. The van der Waals surface area contributed by atoms with E-state index < -0.39 is 0 Å². The zero-order valence-corrected chi connectivity index (χ0v) is 11.7. The molecular formula is C17H12N4O. The van der Waals surface area contributed by atoms with E-state index in [1.54, 1.807) is 42.9 Å². The lowest BCUT2D eigenvalue weighted by molar-refractivity contribution is -0.115. The fourth-order valence-electron chi connectivity index (χ4n) is 2.24. The van der Waals surface area contributed by atoms with Crippen molar-refractivity contribution in [2.75, 3.05) is 5.32 Å². The van der Waals surface area contributed by atoms with Crippen molar-refractivity contribution in [2.45, 2.75) is 6.42 Å². The van der Waals surface area contributed by atoms with Crippen molar-refractivity contribution in [3.8, 4) is 6.07 Å². The van der Waals surface area contributed by atoms with Crippen LogP contribution in [0.1, 0.15) is 11.1 Å². The third-order valence-electron chi connectivity index (χ3n) is 3.24. The summed E-state index contributed by atoms with van der Waals surface area (Å²) >= 11 is 0. The van der Waals surface area contributed by atoms with Gasteiger partial charge in [0.15, 0.2) is 0 Å². The van der Waals surface area contributed by atoms with Gasteiger partial charge in [-0.25, -0.2) is 0 Å². The summed E-state index contributed by atoms with van der Waals surface area (Å²) in [5.74, 6) is -0.159. The number of hydrogen-bond acceptors (Lipinski definition) is 4. The summed E-state index contributed by atoms with van der Waals surface area (Å²) < 4.78 is 0. The molecule has 0 unspecified atom stereocenters. The first-order valence-electron chi connectivity index (χ1n) is 6.74. The lowest BCUT2D eigenvalue weighted by Gasteiger charge is -2.07. The summed E-state index contributed by atoms with van der Waals surface area (Å²) in [6, 6.07) is 12.6. The molecule has 3 rings (SSSR count). The maximum absolute atomic E-state index is 12.2. The molecule has 0 aliphatic heterocycles. The number of hydrogen-bond donors (Lipinski definition) is 1. The highest BCUT2D eigenvalue weighted by Crippen LogP contribution is 2.16. The monoisotopic (exact) mass is 288 g/mol. The molecule has 1 aromatic carbocycles. The van der Waals surface area contributed by atoms with Gasteiger partial charge in [-0.1, -0.05) is 12.1 Å². The number of amides is 1. The Bertz CT molecular complexity index is 878. The summed E-state index contributed by atoms with van der Waals surface area (Å²) in [6.45, 7) is 0. The number of nitrogens with one attached hydrogen (secondary N) is 1. The van der Waals surface area contributed by atoms with Gasteiger partial charge in [0.25, 0.3) is 0 Å². The van der Waals surface area contributed by atoms with Crippen LogP contribution in [0.4, 0.5) is 5.69 Å². The minimum atomic E-state index is -0.159. The van der Waals surface area contributed by atoms with Gasteiger partial charge in [0, 0.05) is 23.5 Å². The SMILES string of the molecule is N#Cc1cccc(NC(=O)Cc2cncc3ncccc23)c1. The van der Waals surface area contributed by atoms with Gasteiger partial charge in [0.1, 0.15) is 0 Å². The zero-order valence-electron chi connectivity index (χ0n) is 11.7. The number of nitriles is 1. The smallest absolute Gasteiger partial charge is 0.228 e. The normalized spacial score (nSPS) is 10.1. The summed E-state index contributed by atoms with van der Waals surface area (Å²) in [5, 5.41) is 12.6. The first-order valence-corrected chi connectivity index (χ1v) is 6.74. The molecule has 3 aromatic rings. The largest absolute Gasteiger partial charge is 0.326 e. The van der Waals surface area contributed by atoms with E-state index in [-0.39, 0.29) is 12.3 Å². The highest BCUT2D eigenvalue weighted by molar-refractivity contribution is 5.95. The molecule has 0 saturated heterocycles. The van der Waals surface area contributed by atoms with Crippen molar-refractivity contribution in [1.29, 1.82) is 5.26 Å². The fourth-order valence-corrected chi connectivity index (χ4v) is 2.24. The second-order valence-corrected chi connectivity index (χ2v) is 4.79. The molecule has 5 nitrogen and oxygen atoms in total. The second-order valence-electron chi connectivity index (χ2n) is 4.79. The van der Waals surface area contributed by atoms with Gasteiger partial charge in [-0.05, 0) is 29.8 Å². The van der Waals surface area contributed by atoms with E-state index in [1.807, 2.05) is 18.2 Å². The van der Waals surface area contributed by atoms with E-state index >= 15 is 0 Å². The topological polar surface area (TPSA) is 78.7 Å². The molecule has 0 aliphatic rings. The molecule has 5 heteroatoms. The molecule has 0 fully saturated rings. The number of fused-ring (bicyclic) bond motifs is 1. The van der Waals surface area contributed by atoms with Crippen LogP contribution in [-0.4, -0.2) is 15.9 Å². The molecule has 0 saturated carbocycles. The van der Waals surface area contributed by atoms with E-state index in [2.05, 4.69) is 15.3 Å². The average molecular weight is 288 g/mol. The Kier molecular flexibility index (Phi) is 3.75. The van der Waals surface area contributed by atoms with Gasteiger partial charge in [-0.3, -0.25) is 14.8 Å². The number of pyridine rings is 2. The predicted molar refractivity (Wildman–Crippen MR) is 83.0 cm³/mol. The molecule has 2 aromatic heterocycles. The van der Waals surface area contributed by atoms with Crippen LogP contribution in [0.15, 0.2) is 55.0 Å². The first-order chi connectivity index (χ1) is 10.8. The number of nitrogens with zero attached hydrogens (tertiary/aromatic N) is 3. The highest BCUT2D eigenvalue weighted by Gasteiger charge is 2.08. The molecular weight excluding hydrogens is 276 g/mol. The minimum Gasteiger partial charge on any atom is -0.326 e. The van der Waals surface area contributed by atoms with Crippen molar-refractivity contribution in [2.24, 2.45) is 0 Å². The van der Waals surface area contributed by atoms with Crippen molar-refractivity contribution >= 4 is 22.5 Å². The molecule has 0 bridgehead atoms. The van der Waals surface area contributed by atoms with E-state index in [0.717, 1.165) is 16.5 Å². The van der Waals surface area contributed by atoms with Crippen LogP contribution >= 0.6 is 0 Å². The number of benzene rings is 1. The van der Waals surface area contributed by atoms with Crippen LogP contribution in [0.2, 0.25) is 0 Å². The third-order valence-corrected chi connectivity index (χ3v) is 3.24. The average Bonchev–Trinajstić information content (AvgIpc) is 2.55. The molecule has 2 heterocycles. The Balaban J connectivity index is 1.80. The molecule has 0 aliphatic carbocycles. The number of carbonyl (C=O) groups is 1. The molecule has 0 spiro atoms. The van der Waals surface area contributed by atoms with Gasteiger partial charge in [-0.15, -0.1) is 0 Å². The standard InChI is InChI=1S/C17H12N4O/c18-9-12-3-1-4-14(7-12)21-17(22)8-13-10-19-11-16-15(13)5-2-6-20-16/h1-7,10-11H,8H2,(H,21,22). The number of aromatic nitrogens is 2. The molecule has 0 atom stereocenters. The van der Waals surface area contributed by atoms with E-state index in [4.69, 9.17) is 5.26 Å². The van der Waals surface area contributed by atoms with Crippen LogP contribution in [0.25, 0.3) is 10.9 Å². The molecule has 0 radical (unpaired) electrons. The Morgan fingerprint density at radius 2 is 2.14 bits per heavy atom. The summed E-state index contributed by atoms with van der Waals surface area (Å²) in [5.41, 5.74) is 2.70. The fraction of sp³-hybridized carbons (Fsp3) is 0.0588. The van der Waals surface area contributed by atoms with Crippen molar-refractivity contribution < 1.29 is 4.79 Å². The quantitative estimate of drug-likeness (QED) is 0.803. The molecule has 22 heavy (non-hydrogen) atoms. The van der Waals surface area contributed by atoms with Crippen LogP contribution in [0, 0.1) is 11.3 Å². The van der Waals surface area contributed by atoms with Gasteiger partial charge in [0.2, 0.25) is 5.91 Å².